The van der Waals surface area contributed by atoms with Crippen molar-refractivity contribution in [3.8, 4) is 11.6 Å². The van der Waals surface area contributed by atoms with Gasteiger partial charge in [0.15, 0.2) is 0 Å². The van der Waals surface area contributed by atoms with Crippen molar-refractivity contribution in [3.05, 3.63) is 54.2 Å². The van der Waals surface area contributed by atoms with Crippen LogP contribution in [0.2, 0.25) is 0 Å². The van der Waals surface area contributed by atoms with Crippen LogP contribution in [0.3, 0.4) is 0 Å². The van der Waals surface area contributed by atoms with Gasteiger partial charge in [-0.3, -0.25) is 0 Å². The van der Waals surface area contributed by atoms with Gasteiger partial charge in [0.25, 0.3) is 0 Å². The predicted octanol–water partition coefficient (Wildman–Crippen LogP) is 2.98. The lowest BCUT2D eigenvalue weighted by atomic mass is 10.3. The van der Waals surface area contributed by atoms with E-state index in [1.54, 1.807) is 6.20 Å². The monoisotopic (exact) mass is 184 g/mol. The van der Waals surface area contributed by atoms with Gasteiger partial charge in [-0.15, -0.1) is 0 Å². The number of para-hydroxylation sites is 1. The van der Waals surface area contributed by atoms with Crippen molar-refractivity contribution in [1.29, 1.82) is 0 Å². The van der Waals surface area contributed by atoms with Crippen LogP contribution in [-0.4, -0.2) is 4.98 Å². The fourth-order valence-electron chi connectivity index (χ4n) is 1.13. The Labute approximate surface area is 83.2 Å². The van der Waals surface area contributed by atoms with E-state index < -0.39 is 0 Å². The summed E-state index contributed by atoms with van der Waals surface area (Å²) in [7, 11) is 0. The van der Waals surface area contributed by atoms with E-state index in [2.05, 4.69) is 11.1 Å². The molecule has 0 N–H and O–H groups in total. The van der Waals surface area contributed by atoms with Gasteiger partial charge >= 0.3 is 0 Å². The van der Waals surface area contributed by atoms with E-state index in [0.717, 1.165) is 11.3 Å². The minimum absolute atomic E-state index is 0.604. The molecule has 0 spiro atoms. The lowest BCUT2D eigenvalue weighted by Crippen LogP contribution is -1.87. The Hall–Kier alpha value is -1.83. The molecule has 0 amide bonds. The molecule has 0 unspecified atom stereocenters. The first-order valence-corrected chi connectivity index (χ1v) is 4.42. The maximum atomic E-state index is 5.53. The lowest BCUT2D eigenvalue weighted by molar-refractivity contribution is 0.462. The molecular weight excluding hydrogens is 174 g/mol. The summed E-state index contributed by atoms with van der Waals surface area (Å²) >= 11 is 0. The van der Waals surface area contributed by atoms with E-state index in [-0.39, 0.29) is 0 Å². The molecule has 2 heteroatoms. The summed E-state index contributed by atoms with van der Waals surface area (Å²) in [6.45, 7) is 1.96. The van der Waals surface area contributed by atoms with Gasteiger partial charge in [-0.2, -0.15) is 0 Å². The summed E-state index contributed by atoms with van der Waals surface area (Å²) in [5.74, 6) is 1.40. The number of aromatic nitrogens is 1. The average Bonchev–Trinajstić information content (AvgIpc) is 2.19. The quantitative estimate of drug-likeness (QED) is 0.715. The first kappa shape index (κ1) is 8.75. The van der Waals surface area contributed by atoms with Gasteiger partial charge in [0.2, 0.25) is 5.88 Å². The van der Waals surface area contributed by atoms with Gasteiger partial charge in [-0.05, 0) is 24.6 Å². The molecule has 1 aromatic heterocycles. The Morgan fingerprint density at radius 2 is 2.00 bits per heavy atom. The molecule has 0 aliphatic rings. The number of rotatable bonds is 2. The van der Waals surface area contributed by atoms with Crippen molar-refractivity contribution in [3.63, 3.8) is 0 Å². The Bertz CT molecular complexity index is 412. The van der Waals surface area contributed by atoms with E-state index in [9.17, 15) is 0 Å². The van der Waals surface area contributed by atoms with Crippen LogP contribution in [-0.2, 0) is 0 Å². The Morgan fingerprint density at radius 1 is 1.21 bits per heavy atom. The predicted molar refractivity (Wildman–Crippen MR) is 54.3 cm³/mol. The van der Waals surface area contributed by atoms with Crippen LogP contribution in [0.5, 0.6) is 11.6 Å². The Kier molecular flexibility index (Phi) is 2.45. The molecule has 0 saturated heterocycles. The first-order valence-electron chi connectivity index (χ1n) is 4.42. The van der Waals surface area contributed by atoms with Crippen LogP contribution in [0.25, 0.3) is 0 Å². The number of hydrogen-bond acceptors (Lipinski definition) is 2. The highest BCUT2D eigenvalue weighted by Crippen LogP contribution is 2.18. The second-order valence-electron chi connectivity index (χ2n) is 2.98. The van der Waals surface area contributed by atoms with E-state index >= 15 is 0 Å². The molecule has 2 rings (SSSR count). The molecule has 14 heavy (non-hydrogen) atoms. The standard InChI is InChI=1S/C12H10NO/c1-10-7-8-13-12(9-10)14-11-5-3-2-4-6-11/h2-6,8-9H,1H3. The van der Waals surface area contributed by atoms with Crippen molar-refractivity contribution >= 4 is 0 Å². The van der Waals surface area contributed by atoms with Crippen LogP contribution in [0.1, 0.15) is 5.56 Å². The van der Waals surface area contributed by atoms with Crippen LogP contribution >= 0.6 is 0 Å². The fraction of sp³-hybridized carbons (Fsp3) is 0.0833. The fourth-order valence-corrected chi connectivity index (χ4v) is 1.13. The van der Waals surface area contributed by atoms with Crippen molar-refractivity contribution in [1.82, 2.24) is 4.98 Å². The number of aryl methyl sites for hydroxylation is 1. The van der Waals surface area contributed by atoms with Gasteiger partial charge in [-0.25, -0.2) is 4.98 Å². The number of ether oxygens (including phenoxy) is 1. The van der Waals surface area contributed by atoms with Crippen molar-refractivity contribution in [2.75, 3.05) is 0 Å². The highest BCUT2D eigenvalue weighted by Gasteiger charge is 1.96. The molecule has 1 aromatic carbocycles. The molecule has 2 nitrogen and oxygen atoms in total. The van der Waals surface area contributed by atoms with Gasteiger partial charge in [0.05, 0.1) is 0 Å². The minimum atomic E-state index is 0.604. The second-order valence-corrected chi connectivity index (χ2v) is 2.98. The Balaban J connectivity index is 2.19. The molecule has 0 aliphatic carbocycles. The zero-order valence-corrected chi connectivity index (χ0v) is 7.90. The summed E-state index contributed by atoms with van der Waals surface area (Å²) in [5.41, 5.74) is 1.02. The molecule has 0 saturated carbocycles. The zero-order valence-electron chi connectivity index (χ0n) is 7.90. The third-order valence-corrected chi connectivity index (χ3v) is 1.79. The van der Waals surface area contributed by atoms with Crippen LogP contribution < -0.4 is 4.74 Å². The SMILES string of the molecule is Cc1[c]cnc(Oc2ccccc2)c1. The largest absolute Gasteiger partial charge is 0.439 e. The third kappa shape index (κ3) is 2.10. The Morgan fingerprint density at radius 3 is 2.71 bits per heavy atom. The summed E-state index contributed by atoms with van der Waals surface area (Å²) in [6, 6.07) is 14.4. The van der Waals surface area contributed by atoms with Crippen molar-refractivity contribution in [2.45, 2.75) is 6.92 Å². The second kappa shape index (κ2) is 3.92. The summed E-state index contributed by atoms with van der Waals surface area (Å²) in [4.78, 5) is 4.06. The number of benzene rings is 1. The highest BCUT2D eigenvalue weighted by atomic mass is 16.5. The number of nitrogens with zero attached hydrogens (tertiary/aromatic N) is 1. The molecule has 2 aromatic rings. The van der Waals surface area contributed by atoms with Crippen LogP contribution in [0.15, 0.2) is 42.6 Å². The summed E-state index contributed by atoms with van der Waals surface area (Å²) in [6.07, 6.45) is 1.62. The molecule has 1 radical (unpaired) electrons. The molecule has 0 bridgehead atoms. The maximum Gasteiger partial charge on any atom is 0.219 e. The lowest BCUT2D eigenvalue weighted by Gasteiger charge is -2.03. The molecule has 1 heterocycles. The van der Waals surface area contributed by atoms with Crippen LogP contribution in [0.4, 0.5) is 0 Å². The average molecular weight is 184 g/mol. The molecule has 69 valence electrons. The normalized spacial score (nSPS) is 9.79. The minimum Gasteiger partial charge on any atom is -0.439 e. The van der Waals surface area contributed by atoms with Gasteiger partial charge in [-0.1, -0.05) is 18.2 Å². The van der Waals surface area contributed by atoms with Crippen molar-refractivity contribution < 1.29 is 4.74 Å². The number of hydrogen-bond donors (Lipinski definition) is 0. The van der Waals surface area contributed by atoms with Gasteiger partial charge in [0, 0.05) is 18.3 Å². The third-order valence-electron chi connectivity index (χ3n) is 1.79. The van der Waals surface area contributed by atoms with E-state index in [1.807, 2.05) is 43.3 Å². The van der Waals surface area contributed by atoms with Gasteiger partial charge < -0.3 is 4.74 Å². The highest BCUT2D eigenvalue weighted by molar-refractivity contribution is 5.27. The van der Waals surface area contributed by atoms with E-state index in [1.165, 1.54) is 0 Å². The zero-order chi connectivity index (χ0) is 9.80. The summed E-state index contributed by atoms with van der Waals surface area (Å²) in [5, 5.41) is 0. The smallest absolute Gasteiger partial charge is 0.219 e. The molecular formula is C12H10NO. The van der Waals surface area contributed by atoms with E-state index in [0.29, 0.717) is 5.88 Å². The van der Waals surface area contributed by atoms with Crippen LogP contribution in [0, 0.1) is 13.0 Å². The van der Waals surface area contributed by atoms with Crippen molar-refractivity contribution in [2.24, 2.45) is 0 Å². The number of pyridine rings is 1. The molecule has 0 aliphatic heterocycles. The molecule has 0 fully saturated rings. The van der Waals surface area contributed by atoms with Gasteiger partial charge in [0.1, 0.15) is 5.75 Å². The maximum absolute atomic E-state index is 5.53. The first-order chi connectivity index (χ1) is 6.84. The van der Waals surface area contributed by atoms with E-state index in [4.69, 9.17) is 4.74 Å². The summed E-state index contributed by atoms with van der Waals surface area (Å²) < 4.78 is 5.53. The topological polar surface area (TPSA) is 22.1 Å². The molecule has 0 atom stereocenters.